The van der Waals surface area contributed by atoms with Crippen molar-refractivity contribution in [2.24, 2.45) is 0 Å². The lowest BCUT2D eigenvalue weighted by Crippen LogP contribution is -2.24. The summed E-state index contributed by atoms with van der Waals surface area (Å²) in [5.41, 5.74) is 0.618. The normalized spacial score (nSPS) is 21.8. The van der Waals surface area contributed by atoms with Gasteiger partial charge in [-0.05, 0) is 29.3 Å². The fourth-order valence-corrected chi connectivity index (χ4v) is 2.79. The highest BCUT2D eigenvalue weighted by molar-refractivity contribution is 5.25. The minimum atomic E-state index is -0.892. The van der Waals surface area contributed by atoms with Crippen molar-refractivity contribution >= 4 is 5.95 Å². The second-order valence-corrected chi connectivity index (χ2v) is 5.89. The van der Waals surface area contributed by atoms with Crippen LogP contribution in [0.25, 0.3) is 0 Å². The summed E-state index contributed by atoms with van der Waals surface area (Å²) in [5, 5.41) is 13.8. The van der Waals surface area contributed by atoms with Crippen LogP contribution < -0.4 is 4.90 Å². The first-order chi connectivity index (χ1) is 10.9. The van der Waals surface area contributed by atoms with E-state index in [0.717, 1.165) is 6.07 Å². The van der Waals surface area contributed by atoms with Gasteiger partial charge in [0.15, 0.2) is 11.6 Å². The molecular formula is C15H18F2N4O2. The summed E-state index contributed by atoms with van der Waals surface area (Å²) in [6, 6.07) is 3.58. The fraction of sp³-hybridized carbons (Fsp3) is 0.467. The number of likely N-dealkylation sites (tertiary alicyclic amines) is 1. The maximum atomic E-state index is 13.5. The first-order valence-corrected chi connectivity index (χ1v) is 7.31. The summed E-state index contributed by atoms with van der Waals surface area (Å²) in [6.07, 6.45) is -0.0934. The second-order valence-electron chi connectivity index (χ2n) is 5.89. The zero-order valence-corrected chi connectivity index (χ0v) is 12.9. The van der Waals surface area contributed by atoms with E-state index >= 15 is 0 Å². The lowest BCUT2D eigenvalue weighted by atomic mass is 10.0. The molecule has 1 fully saturated rings. The number of benzene rings is 1. The van der Waals surface area contributed by atoms with Crippen LogP contribution >= 0.6 is 0 Å². The van der Waals surface area contributed by atoms with Crippen molar-refractivity contribution in [3.05, 3.63) is 41.3 Å². The maximum absolute atomic E-state index is 13.5. The van der Waals surface area contributed by atoms with Gasteiger partial charge in [0, 0.05) is 26.7 Å². The standard InChI is InChI=1S/C15H18F2N4O2/c1-20(2)15-18-14(23-19-15)8-21-7-10(22)6-13(21)9-3-4-11(16)12(17)5-9/h3-5,10,13,22H,6-8H2,1-2H3/t10-,13-/m0/s1. The molecule has 0 saturated carbocycles. The number of rotatable bonds is 4. The monoisotopic (exact) mass is 324 g/mol. The van der Waals surface area contributed by atoms with E-state index in [1.54, 1.807) is 19.0 Å². The molecular weight excluding hydrogens is 306 g/mol. The summed E-state index contributed by atoms with van der Waals surface area (Å²) in [4.78, 5) is 7.89. The average molecular weight is 324 g/mol. The fourth-order valence-electron chi connectivity index (χ4n) is 2.79. The van der Waals surface area contributed by atoms with Crippen molar-refractivity contribution in [3.63, 3.8) is 0 Å². The molecule has 2 atom stereocenters. The van der Waals surface area contributed by atoms with Crippen LogP contribution in [0.3, 0.4) is 0 Å². The highest BCUT2D eigenvalue weighted by Gasteiger charge is 2.33. The molecule has 0 aliphatic carbocycles. The van der Waals surface area contributed by atoms with Gasteiger partial charge in [-0.1, -0.05) is 6.07 Å². The van der Waals surface area contributed by atoms with E-state index < -0.39 is 17.7 Å². The molecule has 6 nitrogen and oxygen atoms in total. The number of aromatic nitrogens is 2. The predicted octanol–water partition coefficient (Wildman–Crippen LogP) is 1.72. The maximum Gasteiger partial charge on any atom is 0.265 e. The van der Waals surface area contributed by atoms with E-state index in [-0.39, 0.29) is 6.04 Å². The van der Waals surface area contributed by atoms with Crippen LogP contribution in [0.5, 0.6) is 0 Å². The minimum Gasteiger partial charge on any atom is -0.392 e. The van der Waals surface area contributed by atoms with Crippen LogP contribution in [-0.4, -0.2) is 46.9 Å². The Hall–Kier alpha value is -2.06. The lowest BCUT2D eigenvalue weighted by molar-refractivity contribution is 0.164. The predicted molar refractivity (Wildman–Crippen MR) is 78.8 cm³/mol. The van der Waals surface area contributed by atoms with Gasteiger partial charge >= 0.3 is 0 Å². The summed E-state index contributed by atoms with van der Waals surface area (Å²) in [7, 11) is 3.61. The smallest absolute Gasteiger partial charge is 0.265 e. The number of hydrogen-bond donors (Lipinski definition) is 1. The van der Waals surface area contributed by atoms with Crippen molar-refractivity contribution in [1.82, 2.24) is 15.0 Å². The Labute approximate surface area is 132 Å². The molecule has 1 aliphatic rings. The molecule has 1 aliphatic heterocycles. The molecule has 3 rings (SSSR count). The molecule has 0 unspecified atom stereocenters. The Kier molecular flexibility index (Phi) is 4.27. The molecule has 8 heteroatoms. The van der Waals surface area contributed by atoms with Crippen LogP contribution in [0.2, 0.25) is 0 Å². The summed E-state index contributed by atoms with van der Waals surface area (Å²) in [6.45, 7) is 0.741. The van der Waals surface area contributed by atoms with Crippen molar-refractivity contribution in [3.8, 4) is 0 Å². The van der Waals surface area contributed by atoms with E-state index in [9.17, 15) is 13.9 Å². The molecule has 2 heterocycles. The van der Waals surface area contributed by atoms with Gasteiger partial charge in [-0.25, -0.2) is 8.78 Å². The number of β-amino-alcohol motifs (C(OH)–C–C–N with tert-alkyl or cyclic N) is 1. The third-order valence-corrected chi connectivity index (χ3v) is 3.91. The Morgan fingerprint density at radius 3 is 2.78 bits per heavy atom. The molecule has 1 aromatic carbocycles. The molecule has 1 N–H and O–H groups in total. The third-order valence-electron chi connectivity index (χ3n) is 3.91. The number of nitrogens with zero attached hydrogens (tertiary/aromatic N) is 4. The highest BCUT2D eigenvalue weighted by Crippen LogP contribution is 2.33. The van der Waals surface area contributed by atoms with Gasteiger partial charge in [-0.2, -0.15) is 4.98 Å². The summed E-state index contributed by atoms with van der Waals surface area (Å²) >= 11 is 0. The van der Waals surface area contributed by atoms with E-state index in [4.69, 9.17) is 4.52 Å². The lowest BCUT2D eigenvalue weighted by Gasteiger charge is -2.22. The zero-order chi connectivity index (χ0) is 16.6. The van der Waals surface area contributed by atoms with Gasteiger partial charge in [-0.15, -0.1) is 0 Å². The van der Waals surface area contributed by atoms with Crippen LogP contribution in [0.4, 0.5) is 14.7 Å². The Balaban J connectivity index is 1.80. The molecule has 1 saturated heterocycles. The van der Waals surface area contributed by atoms with Gasteiger partial charge in [0.1, 0.15) is 0 Å². The first-order valence-electron chi connectivity index (χ1n) is 7.31. The van der Waals surface area contributed by atoms with Gasteiger partial charge < -0.3 is 14.5 Å². The SMILES string of the molecule is CN(C)c1noc(CN2C[C@@H](O)C[C@H]2c2ccc(F)c(F)c2)n1. The molecule has 0 bridgehead atoms. The molecule has 0 spiro atoms. The Morgan fingerprint density at radius 2 is 2.13 bits per heavy atom. The van der Waals surface area contributed by atoms with Crippen molar-refractivity contribution in [1.29, 1.82) is 0 Å². The van der Waals surface area contributed by atoms with Gasteiger partial charge in [0.2, 0.25) is 5.89 Å². The summed E-state index contributed by atoms with van der Waals surface area (Å²) in [5.74, 6) is -0.901. The van der Waals surface area contributed by atoms with E-state index in [0.29, 0.717) is 36.9 Å². The zero-order valence-electron chi connectivity index (χ0n) is 12.9. The first kappa shape index (κ1) is 15.8. The number of aliphatic hydroxyl groups excluding tert-OH is 1. The van der Waals surface area contributed by atoms with Crippen molar-refractivity contribution < 1.29 is 18.4 Å². The van der Waals surface area contributed by atoms with Crippen LogP contribution in [0, 0.1) is 11.6 Å². The molecule has 1 aromatic heterocycles. The van der Waals surface area contributed by atoms with E-state index in [2.05, 4.69) is 10.1 Å². The molecule has 0 radical (unpaired) electrons. The average Bonchev–Trinajstić information content (AvgIpc) is 3.09. The van der Waals surface area contributed by atoms with Crippen LogP contribution in [-0.2, 0) is 6.54 Å². The van der Waals surface area contributed by atoms with Crippen LogP contribution in [0.15, 0.2) is 22.7 Å². The molecule has 23 heavy (non-hydrogen) atoms. The van der Waals surface area contributed by atoms with Gasteiger partial charge in [0.25, 0.3) is 5.95 Å². The highest BCUT2D eigenvalue weighted by atomic mass is 19.2. The van der Waals surface area contributed by atoms with E-state index in [1.165, 1.54) is 12.1 Å². The Bertz CT molecular complexity index is 692. The minimum absolute atomic E-state index is 0.227. The van der Waals surface area contributed by atoms with Gasteiger partial charge in [0.05, 0.1) is 12.6 Å². The number of halogens is 2. The largest absolute Gasteiger partial charge is 0.392 e. The Morgan fingerprint density at radius 1 is 1.35 bits per heavy atom. The summed E-state index contributed by atoms with van der Waals surface area (Å²) < 4.78 is 31.8. The number of anilines is 1. The molecule has 124 valence electrons. The number of aliphatic hydroxyl groups is 1. The quantitative estimate of drug-likeness (QED) is 0.924. The second kappa shape index (κ2) is 6.21. The van der Waals surface area contributed by atoms with Gasteiger partial charge in [-0.3, -0.25) is 4.90 Å². The van der Waals surface area contributed by atoms with Crippen LogP contribution in [0.1, 0.15) is 23.9 Å². The molecule has 0 amide bonds. The topological polar surface area (TPSA) is 65.6 Å². The number of hydrogen-bond acceptors (Lipinski definition) is 6. The van der Waals surface area contributed by atoms with Crippen molar-refractivity contribution in [2.45, 2.75) is 25.1 Å². The third kappa shape index (κ3) is 3.32. The van der Waals surface area contributed by atoms with E-state index in [1.807, 2.05) is 4.90 Å². The van der Waals surface area contributed by atoms with Crippen molar-refractivity contribution in [2.75, 3.05) is 25.5 Å². The molecule has 2 aromatic rings.